The van der Waals surface area contributed by atoms with Gasteiger partial charge in [0.1, 0.15) is 18.0 Å². The highest BCUT2D eigenvalue weighted by molar-refractivity contribution is 5.72. The van der Waals surface area contributed by atoms with Gasteiger partial charge in [0.25, 0.3) is 0 Å². The van der Waals surface area contributed by atoms with Crippen LogP contribution in [0.2, 0.25) is 0 Å². The summed E-state index contributed by atoms with van der Waals surface area (Å²) >= 11 is 0. The van der Waals surface area contributed by atoms with E-state index in [2.05, 4.69) is 6.08 Å². The Bertz CT molecular complexity index is 877. The Balaban J connectivity index is 1.42. The van der Waals surface area contributed by atoms with Gasteiger partial charge in [0.2, 0.25) is 0 Å². The third-order valence-electron chi connectivity index (χ3n) is 6.31. The topological polar surface area (TPSA) is 73.9 Å². The van der Waals surface area contributed by atoms with Gasteiger partial charge in [0.05, 0.1) is 17.6 Å². The van der Waals surface area contributed by atoms with E-state index in [0.29, 0.717) is 5.92 Å². The first-order valence-corrected chi connectivity index (χ1v) is 10.7. The lowest BCUT2D eigenvalue weighted by molar-refractivity contribution is -0.157. The van der Waals surface area contributed by atoms with Gasteiger partial charge in [-0.05, 0) is 80.9 Å². The Morgan fingerprint density at radius 1 is 1.03 bits per heavy atom. The second-order valence-electron chi connectivity index (χ2n) is 8.25. The highest BCUT2D eigenvalue weighted by Crippen LogP contribution is 2.37. The highest BCUT2D eigenvalue weighted by Gasteiger charge is 2.31. The van der Waals surface area contributed by atoms with E-state index < -0.39 is 5.82 Å². The SMILES string of the molecule is N#CC=C/C=C/C1CCC(OC(=O)[C@H]2CC[C@H](c3ccc(C#N)c(F)c3)CC2)CC1. The highest BCUT2D eigenvalue weighted by atomic mass is 19.1. The van der Waals surface area contributed by atoms with E-state index in [9.17, 15) is 9.18 Å². The molecule has 0 N–H and O–H groups in total. The van der Waals surface area contributed by atoms with Crippen LogP contribution in [0.3, 0.4) is 0 Å². The Kier molecular flexibility index (Phi) is 7.80. The number of esters is 1. The van der Waals surface area contributed by atoms with Gasteiger partial charge >= 0.3 is 5.97 Å². The summed E-state index contributed by atoms with van der Waals surface area (Å²) in [5.74, 6) is 0.0804. The maximum atomic E-state index is 13.9. The normalized spacial score (nSPS) is 26.9. The molecule has 0 unspecified atom stereocenters. The van der Waals surface area contributed by atoms with Crippen molar-refractivity contribution < 1.29 is 13.9 Å². The van der Waals surface area contributed by atoms with Gasteiger partial charge in [-0.15, -0.1) is 0 Å². The number of rotatable bonds is 5. The largest absolute Gasteiger partial charge is 0.462 e. The third-order valence-corrected chi connectivity index (χ3v) is 6.31. The third kappa shape index (κ3) is 5.80. The zero-order valence-corrected chi connectivity index (χ0v) is 17.1. The molecule has 2 fully saturated rings. The number of nitriles is 2. The number of allylic oxidation sites excluding steroid dienone is 4. The minimum atomic E-state index is -0.469. The maximum Gasteiger partial charge on any atom is 0.309 e. The Morgan fingerprint density at radius 2 is 1.77 bits per heavy atom. The van der Waals surface area contributed by atoms with Crippen LogP contribution in [0.1, 0.15) is 68.4 Å². The molecule has 0 aromatic heterocycles. The van der Waals surface area contributed by atoms with E-state index in [1.54, 1.807) is 6.08 Å². The molecule has 0 saturated heterocycles. The molecule has 0 bridgehead atoms. The van der Waals surface area contributed by atoms with Crippen LogP contribution in [0, 0.1) is 40.3 Å². The standard InChI is InChI=1S/C25H27FN2O2/c26-24-16-21(11-12-22(24)17-28)19-7-9-20(10-8-19)25(29)30-23-13-5-18(6-14-23)4-2-1-3-15-27/h1-4,11-12,16,18-20,23H,5-10,13-14H2/b3-1?,4-2+/t18?,19-,20-,23?. The lowest BCUT2D eigenvalue weighted by atomic mass is 9.78. The van der Waals surface area contributed by atoms with E-state index >= 15 is 0 Å². The number of hydrogen-bond donors (Lipinski definition) is 0. The van der Waals surface area contributed by atoms with Crippen molar-refractivity contribution in [3.8, 4) is 12.1 Å². The average molecular weight is 407 g/mol. The summed E-state index contributed by atoms with van der Waals surface area (Å²) in [7, 11) is 0. The lowest BCUT2D eigenvalue weighted by Gasteiger charge is -2.31. The molecule has 0 spiro atoms. The van der Waals surface area contributed by atoms with Crippen molar-refractivity contribution in [2.24, 2.45) is 11.8 Å². The molecule has 0 radical (unpaired) electrons. The first-order chi connectivity index (χ1) is 14.6. The molecule has 0 atom stereocenters. The fourth-order valence-electron chi connectivity index (χ4n) is 4.52. The molecule has 5 heteroatoms. The molecule has 1 aromatic carbocycles. The van der Waals surface area contributed by atoms with E-state index in [1.807, 2.05) is 24.3 Å². The molecule has 0 aliphatic heterocycles. The minimum absolute atomic E-state index is 0.00199. The molecular weight excluding hydrogens is 379 g/mol. The van der Waals surface area contributed by atoms with Crippen LogP contribution in [0.4, 0.5) is 4.39 Å². The van der Waals surface area contributed by atoms with Crippen molar-refractivity contribution >= 4 is 5.97 Å². The number of carbonyl (C=O) groups excluding carboxylic acids is 1. The van der Waals surface area contributed by atoms with Gasteiger partial charge in [-0.3, -0.25) is 4.79 Å². The van der Waals surface area contributed by atoms with Gasteiger partial charge in [-0.25, -0.2) is 4.39 Å². The maximum absolute atomic E-state index is 13.9. The fraction of sp³-hybridized carbons (Fsp3) is 0.480. The predicted molar refractivity (Wildman–Crippen MR) is 112 cm³/mol. The predicted octanol–water partition coefficient (Wildman–Crippen LogP) is 5.71. The first-order valence-electron chi connectivity index (χ1n) is 10.7. The van der Waals surface area contributed by atoms with Crippen molar-refractivity contribution in [2.75, 3.05) is 0 Å². The number of ether oxygens (including phenoxy) is 1. The van der Waals surface area contributed by atoms with E-state index in [4.69, 9.17) is 15.3 Å². The fourth-order valence-corrected chi connectivity index (χ4v) is 4.52. The second-order valence-corrected chi connectivity index (χ2v) is 8.25. The van der Waals surface area contributed by atoms with Crippen molar-refractivity contribution in [1.82, 2.24) is 0 Å². The molecule has 2 aliphatic carbocycles. The Hall–Kier alpha value is -2.92. The molecule has 30 heavy (non-hydrogen) atoms. The van der Waals surface area contributed by atoms with E-state index in [0.717, 1.165) is 56.9 Å². The van der Waals surface area contributed by atoms with Crippen LogP contribution in [-0.4, -0.2) is 12.1 Å². The van der Waals surface area contributed by atoms with E-state index in [-0.39, 0.29) is 29.5 Å². The van der Waals surface area contributed by atoms with Gasteiger partial charge in [-0.2, -0.15) is 10.5 Å². The summed E-state index contributed by atoms with van der Waals surface area (Å²) in [5.41, 5.74) is 0.981. The van der Waals surface area contributed by atoms with Crippen molar-refractivity contribution in [3.05, 3.63) is 59.4 Å². The Morgan fingerprint density at radius 3 is 2.40 bits per heavy atom. The molecule has 2 aliphatic rings. The molecule has 156 valence electrons. The van der Waals surface area contributed by atoms with Crippen LogP contribution in [0.25, 0.3) is 0 Å². The van der Waals surface area contributed by atoms with Crippen molar-refractivity contribution in [1.29, 1.82) is 10.5 Å². The second kappa shape index (κ2) is 10.7. The molecule has 1 aromatic rings. The van der Waals surface area contributed by atoms with Gasteiger partial charge in [0, 0.05) is 6.08 Å². The summed E-state index contributed by atoms with van der Waals surface area (Å²) in [6, 6.07) is 8.64. The van der Waals surface area contributed by atoms with Crippen LogP contribution in [0.15, 0.2) is 42.5 Å². The monoisotopic (exact) mass is 406 g/mol. The summed E-state index contributed by atoms with van der Waals surface area (Å²) in [6.45, 7) is 0. The number of carbonyl (C=O) groups is 1. The van der Waals surface area contributed by atoms with Crippen LogP contribution >= 0.6 is 0 Å². The first kappa shape index (κ1) is 21.8. The number of nitrogens with zero attached hydrogens (tertiary/aromatic N) is 2. The lowest BCUT2D eigenvalue weighted by Crippen LogP contribution is -2.29. The quantitative estimate of drug-likeness (QED) is 0.357. The van der Waals surface area contributed by atoms with Gasteiger partial charge in [0.15, 0.2) is 0 Å². The van der Waals surface area contributed by atoms with Crippen LogP contribution in [-0.2, 0) is 9.53 Å². The van der Waals surface area contributed by atoms with Crippen LogP contribution in [0.5, 0.6) is 0 Å². The average Bonchev–Trinajstić information content (AvgIpc) is 2.78. The van der Waals surface area contributed by atoms with Gasteiger partial charge < -0.3 is 4.74 Å². The number of hydrogen-bond acceptors (Lipinski definition) is 4. The molecule has 0 heterocycles. The summed E-state index contributed by atoms with van der Waals surface area (Å²) in [5, 5.41) is 17.4. The molecular formula is C25H27FN2O2. The molecule has 0 amide bonds. The number of benzene rings is 1. The van der Waals surface area contributed by atoms with E-state index in [1.165, 1.54) is 18.2 Å². The Labute approximate surface area is 177 Å². The molecule has 3 rings (SSSR count). The smallest absolute Gasteiger partial charge is 0.309 e. The summed E-state index contributed by atoms with van der Waals surface area (Å²) in [6.07, 6.45) is 14.2. The van der Waals surface area contributed by atoms with Crippen LogP contribution < -0.4 is 0 Å². The van der Waals surface area contributed by atoms with Crippen molar-refractivity contribution in [3.63, 3.8) is 0 Å². The van der Waals surface area contributed by atoms with Crippen molar-refractivity contribution in [2.45, 2.75) is 63.4 Å². The summed E-state index contributed by atoms with van der Waals surface area (Å²) < 4.78 is 19.7. The van der Waals surface area contributed by atoms with Gasteiger partial charge in [-0.1, -0.05) is 24.3 Å². The summed E-state index contributed by atoms with van der Waals surface area (Å²) in [4.78, 5) is 12.6. The zero-order chi connectivity index (χ0) is 21.3. The minimum Gasteiger partial charge on any atom is -0.462 e. The molecule has 4 nitrogen and oxygen atoms in total. The zero-order valence-electron chi connectivity index (χ0n) is 17.1. The molecule has 2 saturated carbocycles. The number of halogens is 1.